The van der Waals surface area contributed by atoms with Crippen LogP contribution >= 0.6 is 0 Å². The van der Waals surface area contributed by atoms with Gasteiger partial charge in [-0.05, 0) is 24.0 Å². The summed E-state index contributed by atoms with van der Waals surface area (Å²) in [5.74, 6) is 1.63. The molecule has 1 aromatic carbocycles. The molecule has 0 amide bonds. The van der Waals surface area contributed by atoms with Crippen LogP contribution in [0, 0.1) is 0 Å². The molecule has 0 aliphatic heterocycles. The van der Waals surface area contributed by atoms with E-state index in [1.807, 2.05) is 6.20 Å². The van der Waals surface area contributed by atoms with Gasteiger partial charge in [-0.25, -0.2) is 4.98 Å². The van der Waals surface area contributed by atoms with Crippen molar-refractivity contribution in [1.82, 2.24) is 15.3 Å². The highest BCUT2D eigenvalue weighted by Gasteiger charge is 2.06. The molecule has 0 aliphatic carbocycles. The molecule has 1 atom stereocenters. The van der Waals surface area contributed by atoms with Gasteiger partial charge in [0, 0.05) is 31.4 Å². The molecular weight excluding hydrogens is 234 g/mol. The number of aromatic amines is 1. The van der Waals surface area contributed by atoms with E-state index in [2.05, 4.69) is 60.3 Å². The van der Waals surface area contributed by atoms with Gasteiger partial charge in [0.15, 0.2) is 0 Å². The number of rotatable bonds is 6. The molecule has 0 bridgehead atoms. The van der Waals surface area contributed by atoms with Gasteiger partial charge in [0.05, 0.1) is 0 Å². The van der Waals surface area contributed by atoms with Crippen molar-refractivity contribution in [3.05, 3.63) is 53.6 Å². The second-order valence-corrected chi connectivity index (χ2v) is 5.28. The molecule has 1 aromatic heterocycles. The Morgan fingerprint density at radius 2 is 1.79 bits per heavy atom. The van der Waals surface area contributed by atoms with Crippen LogP contribution in [-0.4, -0.2) is 16.5 Å². The maximum atomic E-state index is 4.22. The first kappa shape index (κ1) is 13.8. The standard InChI is InChI=1S/C16H23N3/c1-12(2)14-4-6-15(7-5-14)13(3)17-9-8-16-18-10-11-19-16/h4-7,10-13,17H,8-9H2,1-3H3,(H,18,19). The zero-order valence-electron chi connectivity index (χ0n) is 12.0. The molecule has 0 aliphatic rings. The fourth-order valence-electron chi connectivity index (χ4n) is 2.13. The average molecular weight is 257 g/mol. The van der Waals surface area contributed by atoms with Gasteiger partial charge in [0.1, 0.15) is 5.82 Å². The van der Waals surface area contributed by atoms with E-state index in [4.69, 9.17) is 0 Å². The molecule has 0 saturated carbocycles. The first-order valence-electron chi connectivity index (χ1n) is 6.98. The zero-order chi connectivity index (χ0) is 13.7. The van der Waals surface area contributed by atoms with Gasteiger partial charge in [0.25, 0.3) is 0 Å². The van der Waals surface area contributed by atoms with Crippen molar-refractivity contribution in [3.63, 3.8) is 0 Å². The minimum absolute atomic E-state index is 0.371. The van der Waals surface area contributed by atoms with Crippen molar-refractivity contribution in [1.29, 1.82) is 0 Å². The summed E-state index contributed by atoms with van der Waals surface area (Å²) >= 11 is 0. The number of benzene rings is 1. The Labute approximate surface area is 115 Å². The van der Waals surface area contributed by atoms with Crippen LogP contribution < -0.4 is 5.32 Å². The quantitative estimate of drug-likeness (QED) is 0.832. The first-order valence-corrected chi connectivity index (χ1v) is 6.98. The summed E-state index contributed by atoms with van der Waals surface area (Å²) in [5, 5.41) is 3.53. The third-order valence-corrected chi connectivity index (χ3v) is 3.47. The van der Waals surface area contributed by atoms with E-state index in [-0.39, 0.29) is 0 Å². The molecule has 2 aromatic rings. The normalized spacial score (nSPS) is 12.8. The number of H-pyrrole nitrogens is 1. The Hall–Kier alpha value is -1.61. The average Bonchev–Trinajstić information content (AvgIpc) is 2.92. The smallest absolute Gasteiger partial charge is 0.107 e. The number of nitrogens with zero attached hydrogens (tertiary/aromatic N) is 1. The van der Waals surface area contributed by atoms with Gasteiger partial charge in [0.2, 0.25) is 0 Å². The Morgan fingerprint density at radius 1 is 1.11 bits per heavy atom. The van der Waals surface area contributed by atoms with Gasteiger partial charge >= 0.3 is 0 Å². The lowest BCUT2D eigenvalue weighted by molar-refractivity contribution is 0.571. The summed E-state index contributed by atoms with van der Waals surface area (Å²) in [4.78, 5) is 7.34. The minimum atomic E-state index is 0.371. The molecule has 3 heteroatoms. The molecule has 1 heterocycles. The van der Waals surface area contributed by atoms with Crippen LogP contribution in [0.3, 0.4) is 0 Å². The zero-order valence-corrected chi connectivity index (χ0v) is 12.0. The Morgan fingerprint density at radius 3 is 2.37 bits per heavy atom. The van der Waals surface area contributed by atoms with Gasteiger partial charge < -0.3 is 10.3 Å². The molecular formula is C16H23N3. The van der Waals surface area contributed by atoms with Crippen LogP contribution in [0.2, 0.25) is 0 Å². The summed E-state index contributed by atoms with van der Waals surface area (Å²) in [6.07, 6.45) is 4.59. The molecule has 3 nitrogen and oxygen atoms in total. The van der Waals surface area contributed by atoms with Crippen molar-refractivity contribution in [2.45, 2.75) is 39.2 Å². The predicted molar refractivity (Wildman–Crippen MR) is 79.2 cm³/mol. The van der Waals surface area contributed by atoms with E-state index in [1.165, 1.54) is 11.1 Å². The van der Waals surface area contributed by atoms with E-state index in [1.54, 1.807) is 6.20 Å². The molecule has 1 unspecified atom stereocenters. The van der Waals surface area contributed by atoms with Gasteiger partial charge in [-0.3, -0.25) is 0 Å². The summed E-state index contributed by atoms with van der Waals surface area (Å²) in [6, 6.07) is 9.27. The molecule has 2 rings (SSSR count). The number of nitrogens with one attached hydrogen (secondary N) is 2. The van der Waals surface area contributed by atoms with Crippen LogP contribution in [0.1, 0.15) is 49.7 Å². The van der Waals surface area contributed by atoms with E-state index in [9.17, 15) is 0 Å². The number of hydrogen-bond donors (Lipinski definition) is 2. The molecule has 19 heavy (non-hydrogen) atoms. The molecule has 0 spiro atoms. The topological polar surface area (TPSA) is 40.7 Å². The molecule has 0 saturated heterocycles. The fourth-order valence-corrected chi connectivity index (χ4v) is 2.13. The molecule has 2 N–H and O–H groups in total. The molecule has 0 fully saturated rings. The van der Waals surface area contributed by atoms with Crippen molar-refractivity contribution < 1.29 is 0 Å². The van der Waals surface area contributed by atoms with Crippen LogP contribution in [0.5, 0.6) is 0 Å². The fraction of sp³-hybridized carbons (Fsp3) is 0.438. The number of aromatic nitrogens is 2. The SMILES string of the molecule is CC(C)c1ccc(C(C)NCCc2ncc[nH]2)cc1. The second-order valence-electron chi connectivity index (χ2n) is 5.28. The highest BCUT2D eigenvalue weighted by atomic mass is 14.9. The number of hydrogen-bond acceptors (Lipinski definition) is 2. The highest BCUT2D eigenvalue weighted by Crippen LogP contribution is 2.18. The maximum Gasteiger partial charge on any atom is 0.107 e. The van der Waals surface area contributed by atoms with E-state index in [0.29, 0.717) is 12.0 Å². The largest absolute Gasteiger partial charge is 0.349 e. The summed E-state index contributed by atoms with van der Waals surface area (Å²) in [6.45, 7) is 7.58. The van der Waals surface area contributed by atoms with Crippen molar-refractivity contribution >= 4 is 0 Å². The van der Waals surface area contributed by atoms with Gasteiger partial charge in [-0.15, -0.1) is 0 Å². The van der Waals surface area contributed by atoms with E-state index in [0.717, 1.165) is 18.8 Å². The van der Waals surface area contributed by atoms with Gasteiger partial charge in [-0.2, -0.15) is 0 Å². The third-order valence-electron chi connectivity index (χ3n) is 3.47. The Kier molecular flexibility index (Phi) is 4.74. The van der Waals surface area contributed by atoms with Crippen LogP contribution in [0.25, 0.3) is 0 Å². The Balaban J connectivity index is 1.83. The Bertz CT molecular complexity index is 471. The van der Waals surface area contributed by atoms with Crippen LogP contribution in [0.4, 0.5) is 0 Å². The maximum absolute atomic E-state index is 4.22. The molecule has 102 valence electrons. The lowest BCUT2D eigenvalue weighted by atomic mass is 9.99. The third kappa shape index (κ3) is 3.93. The van der Waals surface area contributed by atoms with E-state index >= 15 is 0 Å². The monoisotopic (exact) mass is 257 g/mol. The van der Waals surface area contributed by atoms with Crippen LogP contribution in [-0.2, 0) is 6.42 Å². The summed E-state index contributed by atoms with van der Waals surface area (Å²) in [7, 11) is 0. The number of imidazole rings is 1. The summed E-state index contributed by atoms with van der Waals surface area (Å²) < 4.78 is 0. The van der Waals surface area contributed by atoms with Crippen molar-refractivity contribution in [2.24, 2.45) is 0 Å². The highest BCUT2D eigenvalue weighted by molar-refractivity contribution is 5.26. The second kappa shape index (κ2) is 6.53. The molecule has 0 radical (unpaired) electrons. The first-order chi connectivity index (χ1) is 9.16. The minimum Gasteiger partial charge on any atom is -0.349 e. The lowest BCUT2D eigenvalue weighted by Gasteiger charge is -2.15. The predicted octanol–water partition coefficient (Wildman–Crippen LogP) is 3.43. The lowest BCUT2D eigenvalue weighted by Crippen LogP contribution is -2.21. The van der Waals surface area contributed by atoms with Crippen molar-refractivity contribution in [2.75, 3.05) is 6.54 Å². The van der Waals surface area contributed by atoms with Crippen molar-refractivity contribution in [3.8, 4) is 0 Å². The summed E-state index contributed by atoms with van der Waals surface area (Å²) in [5.41, 5.74) is 2.73. The van der Waals surface area contributed by atoms with Gasteiger partial charge in [-0.1, -0.05) is 38.1 Å². The van der Waals surface area contributed by atoms with Crippen LogP contribution in [0.15, 0.2) is 36.7 Å². The van der Waals surface area contributed by atoms with E-state index < -0.39 is 0 Å².